The number of nitrogens with one attached hydrogen (secondary N) is 1. The molecule has 10 heteroatoms. The first-order valence-corrected chi connectivity index (χ1v) is 9.16. The number of hydrogen-bond donors (Lipinski definition) is 5. The number of benzene rings is 2. The van der Waals surface area contributed by atoms with E-state index in [-0.39, 0.29) is 26.3 Å². The molecular formula is C21H24N4O6. The fourth-order valence-electron chi connectivity index (χ4n) is 1.97. The first-order chi connectivity index (χ1) is 14.9. The van der Waals surface area contributed by atoms with E-state index in [9.17, 15) is 9.90 Å². The first-order valence-electron chi connectivity index (χ1n) is 9.16. The number of carbonyl (C=O) groups is 1. The van der Waals surface area contributed by atoms with Crippen molar-refractivity contribution in [2.45, 2.75) is 12.2 Å². The third kappa shape index (κ3) is 11.1. The number of hydrogen-bond acceptors (Lipinski definition) is 8. The maximum atomic E-state index is 10.2. The van der Waals surface area contributed by atoms with Gasteiger partial charge in [0.15, 0.2) is 0 Å². The zero-order valence-electron chi connectivity index (χ0n) is 16.6. The summed E-state index contributed by atoms with van der Waals surface area (Å²) in [6, 6.07) is 17.1. The molecule has 164 valence electrons. The van der Waals surface area contributed by atoms with E-state index in [1.807, 2.05) is 17.5 Å². The summed E-state index contributed by atoms with van der Waals surface area (Å²) in [5.74, 6) is 1.13. The molecule has 2 rings (SSSR count). The Kier molecular flexibility index (Phi) is 11.5. The second-order valence-electron chi connectivity index (χ2n) is 6.12. The topological polar surface area (TPSA) is 182 Å². The molecule has 2 aromatic rings. The summed E-state index contributed by atoms with van der Waals surface area (Å²) in [6.45, 7) is 0.233. The normalized spacial score (nSPS) is 11.5. The predicted octanol–water partition coefficient (Wildman–Crippen LogP) is 0.822. The van der Waals surface area contributed by atoms with Crippen LogP contribution in [0.5, 0.6) is 11.5 Å². The van der Waals surface area contributed by atoms with Crippen LogP contribution >= 0.6 is 0 Å². The van der Waals surface area contributed by atoms with Gasteiger partial charge >= 0.3 is 6.09 Å². The Morgan fingerprint density at radius 1 is 0.903 bits per heavy atom. The van der Waals surface area contributed by atoms with Crippen LogP contribution in [0.4, 0.5) is 4.79 Å². The summed E-state index contributed by atoms with van der Waals surface area (Å²) in [4.78, 5) is 10.2. The molecule has 2 aromatic carbocycles. The largest absolute Gasteiger partial charge is 0.491 e. The Morgan fingerprint density at radius 2 is 1.32 bits per heavy atom. The highest BCUT2D eigenvalue weighted by Gasteiger charge is 2.06. The van der Waals surface area contributed by atoms with Crippen molar-refractivity contribution in [2.75, 3.05) is 26.3 Å². The highest BCUT2D eigenvalue weighted by Crippen LogP contribution is 2.12. The molecule has 0 spiro atoms. The van der Waals surface area contributed by atoms with Crippen LogP contribution in [0.15, 0.2) is 48.5 Å². The quantitative estimate of drug-likeness (QED) is 0.386. The molecule has 0 saturated heterocycles. The van der Waals surface area contributed by atoms with Crippen LogP contribution < -0.4 is 20.5 Å². The third-order valence-electron chi connectivity index (χ3n) is 3.61. The minimum absolute atomic E-state index is 0.0216. The predicted molar refractivity (Wildman–Crippen MR) is 110 cm³/mol. The van der Waals surface area contributed by atoms with Crippen LogP contribution in [0.25, 0.3) is 0 Å². The molecule has 6 N–H and O–H groups in total. The molecule has 0 aliphatic carbocycles. The zero-order valence-corrected chi connectivity index (χ0v) is 16.6. The number of aliphatic hydroxyl groups is 2. The van der Waals surface area contributed by atoms with E-state index < -0.39 is 18.3 Å². The van der Waals surface area contributed by atoms with Crippen LogP contribution in [-0.4, -0.2) is 59.9 Å². The van der Waals surface area contributed by atoms with E-state index in [1.54, 1.807) is 48.5 Å². The Morgan fingerprint density at radius 3 is 1.68 bits per heavy atom. The lowest BCUT2D eigenvalue weighted by Gasteiger charge is -2.11. The van der Waals surface area contributed by atoms with Crippen molar-refractivity contribution in [1.29, 1.82) is 10.5 Å². The number of carboxylic acid groups (broad SMARTS) is 1. The summed E-state index contributed by atoms with van der Waals surface area (Å²) in [5.41, 5.74) is 6.31. The average Bonchev–Trinajstić information content (AvgIpc) is 2.80. The fourth-order valence-corrected chi connectivity index (χ4v) is 1.97. The summed E-state index contributed by atoms with van der Waals surface area (Å²) < 4.78 is 10.4. The summed E-state index contributed by atoms with van der Waals surface area (Å²) in [7, 11) is 0. The molecule has 31 heavy (non-hydrogen) atoms. The second kappa shape index (κ2) is 14.2. The number of nitrogens with zero attached hydrogens (tertiary/aromatic N) is 2. The van der Waals surface area contributed by atoms with Gasteiger partial charge in [0, 0.05) is 6.54 Å². The molecule has 0 aromatic heterocycles. The van der Waals surface area contributed by atoms with Gasteiger partial charge in [-0.15, -0.1) is 0 Å². The van der Waals surface area contributed by atoms with Crippen molar-refractivity contribution in [3.05, 3.63) is 59.7 Å². The van der Waals surface area contributed by atoms with Crippen molar-refractivity contribution in [1.82, 2.24) is 5.32 Å². The summed E-state index contributed by atoms with van der Waals surface area (Å²) in [6.07, 6.45) is -2.75. The van der Waals surface area contributed by atoms with Crippen LogP contribution in [-0.2, 0) is 0 Å². The molecule has 0 unspecified atom stereocenters. The van der Waals surface area contributed by atoms with Crippen molar-refractivity contribution < 1.29 is 29.6 Å². The number of ether oxygens (including phenoxy) is 2. The van der Waals surface area contributed by atoms with E-state index >= 15 is 0 Å². The number of nitriles is 2. The van der Waals surface area contributed by atoms with Gasteiger partial charge in [-0.05, 0) is 48.5 Å². The summed E-state index contributed by atoms with van der Waals surface area (Å²) >= 11 is 0. The fraction of sp³-hybridized carbons (Fsp3) is 0.286. The van der Waals surface area contributed by atoms with Crippen molar-refractivity contribution in [3.8, 4) is 23.6 Å². The molecule has 0 bridgehead atoms. The molecular weight excluding hydrogens is 404 g/mol. The minimum atomic E-state index is -1.19. The van der Waals surface area contributed by atoms with E-state index in [4.69, 9.17) is 35.9 Å². The smallest absolute Gasteiger partial charge is 0.404 e. The minimum Gasteiger partial charge on any atom is -0.491 e. The van der Waals surface area contributed by atoms with Gasteiger partial charge < -0.3 is 35.8 Å². The van der Waals surface area contributed by atoms with Crippen LogP contribution in [0.1, 0.15) is 11.1 Å². The maximum absolute atomic E-state index is 10.2. The van der Waals surface area contributed by atoms with E-state index in [2.05, 4.69) is 0 Å². The maximum Gasteiger partial charge on any atom is 0.404 e. The van der Waals surface area contributed by atoms with Crippen molar-refractivity contribution in [3.63, 3.8) is 0 Å². The third-order valence-corrected chi connectivity index (χ3v) is 3.61. The van der Waals surface area contributed by atoms with Gasteiger partial charge in [0.2, 0.25) is 0 Å². The first kappa shape index (κ1) is 25.2. The Labute approximate surface area is 179 Å². The molecule has 10 nitrogen and oxygen atoms in total. The molecule has 0 aliphatic heterocycles. The van der Waals surface area contributed by atoms with Crippen LogP contribution in [0.2, 0.25) is 0 Å². The van der Waals surface area contributed by atoms with Gasteiger partial charge in [-0.1, -0.05) is 0 Å². The highest BCUT2D eigenvalue weighted by atomic mass is 16.5. The SMILES string of the molecule is N#Cc1ccc(OC[C@H](O)CN)cc1.N#Cc1ccc(OC[C@H](O)CNC(=O)O)cc1. The molecule has 0 saturated carbocycles. The molecule has 0 radical (unpaired) electrons. The molecule has 0 heterocycles. The number of amides is 1. The Balaban J connectivity index is 0.000000316. The summed E-state index contributed by atoms with van der Waals surface area (Å²) in [5, 5.41) is 45.9. The van der Waals surface area contributed by atoms with Crippen molar-refractivity contribution >= 4 is 6.09 Å². The van der Waals surface area contributed by atoms with E-state index in [1.165, 1.54) is 0 Å². The number of aliphatic hydroxyl groups excluding tert-OH is 2. The molecule has 2 atom stereocenters. The van der Waals surface area contributed by atoms with E-state index in [0.29, 0.717) is 22.6 Å². The van der Waals surface area contributed by atoms with Gasteiger partial charge in [-0.3, -0.25) is 0 Å². The lowest BCUT2D eigenvalue weighted by atomic mass is 10.2. The van der Waals surface area contributed by atoms with Gasteiger partial charge in [-0.2, -0.15) is 10.5 Å². The van der Waals surface area contributed by atoms with E-state index in [0.717, 1.165) is 0 Å². The lowest BCUT2D eigenvalue weighted by molar-refractivity contribution is 0.104. The lowest BCUT2D eigenvalue weighted by Crippen LogP contribution is -2.34. The number of rotatable bonds is 9. The van der Waals surface area contributed by atoms with Crippen LogP contribution in [0.3, 0.4) is 0 Å². The van der Waals surface area contributed by atoms with Gasteiger partial charge in [-0.25, -0.2) is 4.79 Å². The number of nitrogens with two attached hydrogens (primary N) is 1. The molecule has 0 fully saturated rings. The Bertz CT molecular complexity index is 875. The van der Waals surface area contributed by atoms with Crippen molar-refractivity contribution in [2.24, 2.45) is 5.73 Å². The second-order valence-corrected chi connectivity index (χ2v) is 6.12. The highest BCUT2D eigenvalue weighted by molar-refractivity contribution is 5.64. The van der Waals surface area contributed by atoms with Gasteiger partial charge in [0.1, 0.15) is 36.9 Å². The van der Waals surface area contributed by atoms with Gasteiger partial charge in [0.05, 0.1) is 29.8 Å². The monoisotopic (exact) mass is 428 g/mol. The average molecular weight is 428 g/mol. The zero-order chi connectivity index (χ0) is 23.1. The molecule has 1 amide bonds. The Hall–Kier alpha value is -3.83. The van der Waals surface area contributed by atoms with Gasteiger partial charge in [0.25, 0.3) is 0 Å². The molecule has 0 aliphatic rings. The van der Waals surface area contributed by atoms with Crippen LogP contribution in [0, 0.1) is 22.7 Å². The standard InChI is InChI=1S/C11H12N2O4.C10H12N2O2/c12-5-8-1-3-10(4-2-8)17-7-9(14)6-13-11(15)16;11-5-8-1-3-10(4-2-8)14-7-9(13)6-12/h1-4,9,13-14H,6-7H2,(H,15,16);1-4,9,13H,6-7,12H2/t2*9-/m11/s1.